The summed E-state index contributed by atoms with van der Waals surface area (Å²) in [5, 5.41) is 4.52. The molecule has 1 atom stereocenters. The van der Waals surface area contributed by atoms with Crippen molar-refractivity contribution in [1.29, 1.82) is 0 Å². The Morgan fingerprint density at radius 1 is 1.28 bits per heavy atom. The Morgan fingerprint density at radius 3 is 2.48 bits per heavy atom. The van der Waals surface area contributed by atoms with Gasteiger partial charge in [0.15, 0.2) is 0 Å². The van der Waals surface area contributed by atoms with E-state index in [4.69, 9.17) is 4.74 Å². The fourth-order valence-corrected chi connectivity index (χ4v) is 2.55. The molecule has 0 saturated carbocycles. The summed E-state index contributed by atoms with van der Waals surface area (Å²) in [6.45, 7) is 10.6. The van der Waals surface area contributed by atoms with Gasteiger partial charge in [0.25, 0.3) is 0 Å². The van der Waals surface area contributed by atoms with Crippen molar-refractivity contribution in [2.45, 2.75) is 52.8 Å². The van der Waals surface area contributed by atoms with Crippen LogP contribution in [0.25, 0.3) is 11.3 Å². The summed E-state index contributed by atoms with van der Waals surface area (Å²) in [5.41, 5.74) is 1.10. The van der Waals surface area contributed by atoms with Crippen LogP contribution in [0.2, 0.25) is 0 Å². The van der Waals surface area contributed by atoms with Crippen molar-refractivity contribution in [1.82, 2.24) is 14.7 Å². The number of amides is 1. The Hall–Kier alpha value is -2.37. The molecular formula is C19H26FN3O2. The molecule has 0 saturated heterocycles. The maximum atomic E-state index is 13.0. The molecule has 0 bridgehead atoms. The van der Waals surface area contributed by atoms with Crippen molar-refractivity contribution in [2.24, 2.45) is 0 Å². The maximum absolute atomic E-state index is 13.0. The number of hydrogen-bond acceptors (Lipinski definition) is 3. The SMILES string of the molecule is CCN(C(=O)OC(C)(C)C)[C@@H](C)Cn1ccc(-c2ccc(F)cc2)n1. The second-order valence-electron chi connectivity index (χ2n) is 7.05. The monoisotopic (exact) mass is 347 g/mol. The van der Waals surface area contributed by atoms with E-state index in [0.29, 0.717) is 13.1 Å². The molecule has 1 amide bonds. The second kappa shape index (κ2) is 7.68. The summed E-state index contributed by atoms with van der Waals surface area (Å²) in [6.07, 6.45) is 1.53. The summed E-state index contributed by atoms with van der Waals surface area (Å²) < 4.78 is 20.3. The van der Waals surface area contributed by atoms with Gasteiger partial charge in [0.05, 0.1) is 18.3 Å². The molecule has 5 nitrogen and oxygen atoms in total. The standard InChI is InChI=1S/C19H26FN3O2/c1-6-23(18(24)25-19(3,4)5)14(2)13-22-12-11-17(21-22)15-7-9-16(20)10-8-15/h7-12,14H,6,13H2,1-5H3/t14-/m0/s1. The number of carbonyl (C=O) groups is 1. The zero-order valence-corrected chi connectivity index (χ0v) is 15.5. The van der Waals surface area contributed by atoms with E-state index in [0.717, 1.165) is 11.3 Å². The lowest BCUT2D eigenvalue weighted by atomic mass is 10.1. The zero-order valence-electron chi connectivity index (χ0n) is 15.5. The lowest BCUT2D eigenvalue weighted by molar-refractivity contribution is 0.0171. The Labute approximate surface area is 148 Å². The lowest BCUT2D eigenvalue weighted by Crippen LogP contribution is -2.43. The number of hydrogen-bond donors (Lipinski definition) is 0. The largest absolute Gasteiger partial charge is 0.444 e. The predicted molar refractivity (Wildman–Crippen MR) is 95.7 cm³/mol. The smallest absolute Gasteiger partial charge is 0.410 e. The van der Waals surface area contributed by atoms with E-state index in [1.165, 1.54) is 12.1 Å². The van der Waals surface area contributed by atoms with Crippen LogP contribution >= 0.6 is 0 Å². The Balaban J connectivity index is 2.05. The van der Waals surface area contributed by atoms with E-state index >= 15 is 0 Å². The number of aromatic nitrogens is 2. The van der Waals surface area contributed by atoms with E-state index < -0.39 is 5.60 Å². The molecule has 25 heavy (non-hydrogen) atoms. The van der Waals surface area contributed by atoms with E-state index in [1.807, 2.05) is 46.9 Å². The molecule has 0 radical (unpaired) electrons. The fraction of sp³-hybridized carbons (Fsp3) is 0.474. The van der Waals surface area contributed by atoms with E-state index in [-0.39, 0.29) is 18.0 Å². The van der Waals surface area contributed by atoms with Gasteiger partial charge in [0.1, 0.15) is 11.4 Å². The fourth-order valence-electron chi connectivity index (χ4n) is 2.55. The van der Waals surface area contributed by atoms with Crippen molar-refractivity contribution in [3.8, 4) is 11.3 Å². The normalized spacial score (nSPS) is 12.7. The minimum Gasteiger partial charge on any atom is -0.444 e. The van der Waals surface area contributed by atoms with Crippen LogP contribution in [-0.4, -0.2) is 39.0 Å². The molecule has 2 aromatic rings. The highest BCUT2D eigenvalue weighted by molar-refractivity contribution is 5.68. The molecule has 0 aliphatic carbocycles. The molecule has 1 heterocycles. The first kappa shape index (κ1) is 19.0. The third kappa shape index (κ3) is 5.31. The van der Waals surface area contributed by atoms with Crippen LogP contribution < -0.4 is 0 Å². The van der Waals surface area contributed by atoms with Gasteiger partial charge in [-0.15, -0.1) is 0 Å². The van der Waals surface area contributed by atoms with E-state index in [9.17, 15) is 9.18 Å². The van der Waals surface area contributed by atoms with Crippen LogP contribution in [0, 0.1) is 5.82 Å². The number of rotatable bonds is 5. The average molecular weight is 347 g/mol. The highest BCUT2D eigenvalue weighted by Crippen LogP contribution is 2.18. The number of likely N-dealkylation sites (N-methyl/N-ethyl adjacent to an activating group) is 1. The Morgan fingerprint density at radius 2 is 1.92 bits per heavy atom. The van der Waals surface area contributed by atoms with Gasteiger partial charge < -0.3 is 9.64 Å². The topological polar surface area (TPSA) is 47.4 Å². The molecule has 6 heteroatoms. The molecule has 0 unspecified atom stereocenters. The minimum absolute atomic E-state index is 0.0687. The molecule has 0 aliphatic heterocycles. The summed E-state index contributed by atoms with van der Waals surface area (Å²) in [4.78, 5) is 14.0. The summed E-state index contributed by atoms with van der Waals surface area (Å²) in [7, 11) is 0. The van der Waals surface area contributed by atoms with Gasteiger partial charge >= 0.3 is 6.09 Å². The number of halogens is 1. The first-order valence-corrected chi connectivity index (χ1v) is 8.48. The quantitative estimate of drug-likeness (QED) is 0.808. The van der Waals surface area contributed by atoms with Crippen LogP contribution in [0.4, 0.5) is 9.18 Å². The number of ether oxygens (including phenoxy) is 1. The van der Waals surface area contributed by atoms with E-state index in [1.54, 1.807) is 21.7 Å². The van der Waals surface area contributed by atoms with Gasteiger partial charge in [-0.3, -0.25) is 4.68 Å². The third-order valence-electron chi connectivity index (χ3n) is 3.73. The van der Waals surface area contributed by atoms with Crippen LogP contribution in [-0.2, 0) is 11.3 Å². The van der Waals surface area contributed by atoms with Crippen molar-refractivity contribution in [2.75, 3.05) is 6.54 Å². The van der Waals surface area contributed by atoms with E-state index in [2.05, 4.69) is 5.10 Å². The summed E-state index contributed by atoms with van der Waals surface area (Å²) in [6, 6.07) is 8.04. The molecule has 0 N–H and O–H groups in total. The zero-order chi connectivity index (χ0) is 18.6. The molecule has 136 valence electrons. The predicted octanol–water partition coefficient (Wildman–Crippen LogP) is 4.33. The van der Waals surface area contributed by atoms with Crippen LogP contribution in [0.1, 0.15) is 34.6 Å². The first-order chi connectivity index (χ1) is 11.7. The molecule has 0 spiro atoms. The Kier molecular flexibility index (Phi) is 5.82. The van der Waals surface area contributed by atoms with Gasteiger partial charge in [0.2, 0.25) is 0 Å². The molecule has 2 rings (SSSR count). The number of carbonyl (C=O) groups excluding carboxylic acids is 1. The van der Waals surface area contributed by atoms with Crippen LogP contribution in [0.3, 0.4) is 0 Å². The Bertz CT molecular complexity index is 704. The van der Waals surface area contributed by atoms with Crippen LogP contribution in [0.15, 0.2) is 36.5 Å². The summed E-state index contributed by atoms with van der Waals surface area (Å²) in [5.74, 6) is -0.271. The van der Waals surface area contributed by atoms with Crippen LogP contribution in [0.5, 0.6) is 0 Å². The second-order valence-corrected chi connectivity index (χ2v) is 7.05. The van der Waals surface area contributed by atoms with Gasteiger partial charge in [-0.2, -0.15) is 5.10 Å². The maximum Gasteiger partial charge on any atom is 0.410 e. The summed E-state index contributed by atoms with van der Waals surface area (Å²) >= 11 is 0. The highest BCUT2D eigenvalue weighted by atomic mass is 19.1. The third-order valence-corrected chi connectivity index (χ3v) is 3.73. The van der Waals surface area contributed by atoms with Crippen molar-refractivity contribution in [3.63, 3.8) is 0 Å². The first-order valence-electron chi connectivity index (χ1n) is 8.48. The number of nitrogens with zero attached hydrogens (tertiary/aromatic N) is 3. The van der Waals surface area contributed by atoms with Gasteiger partial charge in [-0.05, 0) is 65.0 Å². The van der Waals surface area contributed by atoms with Gasteiger partial charge in [-0.1, -0.05) is 0 Å². The average Bonchev–Trinajstić information content (AvgIpc) is 2.95. The highest BCUT2D eigenvalue weighted by Gasteiger charge is 2.25. The molecule has 0 aliphatic rings. The molecule has 1 aromatic heterocycles. The van der Waals surface area contributed by atoms with Crippen molar-refractivity contribution in [3.05, 3.63) is 42.3 Å². The lowest BCUT2D eigenvalue weighted by Gasteiger charge is -2.30. The van der Waals surface area contributed by atoms with Crippen molar-refractivity contribution < 1.29 is 13.9 Å². The molecule has 1 aromatic carbocycles. The van der Waals surface area contributed by atoms with Crippen molar-refractivity contribution >= 4 is 6.09 Å². The van der Waals surface area contributed by atoms with Gasteiger partial charge in [-0.25, -0.2) is 9.18 Å². The van der Waals surface area contributed by atoms with Gasteiger partial charge in [0, 0.05) is 18.3 Å². The number of benzene rings is 1. The minimum atomic E-state index is -0.522. The molecular weight excluding hydrogens is 321 g/mol. The molecule has 0 fully saturated rings.